The van der Waals surface area contributed by atoms with E-state index in [1.165, 1.54) is 24.0 Å². The highest BCUT2D eigenvalue weighted by Crippen LogP contribution is 2.40. The molecule has 6 rings (SSSR count). The predicted octanol–water partition coefficient (Wildman–Crippen LogP) is 7.19. The Morgan fingerprint density at radius 2 is 1.50 bits per heavy atom. The van der Waals surface area contributed by atoms with Crippen LogP contribution in [0, 0.1) is 12.8 Å². The van der Waals surface area contributed by atoms with Crippen LogP contribution in [0.3, 0.4) is 0 Å². The van der Waals surface area contributed by atoms with E-state index in [4.69, 9.17) is 5.10 Å². The summed E-state index contributed by atoms with van der Waals surface area (Å²) in [6.07, 6.45) is 6.41. The van der Waals surface area contributed by atoms with E-state index >= 15 is 0 Å². The van der Waals surface area contributed by atoms with Crippen LogP contribution in [-0.4, -0.2) is 59.8 Å². The first kappa shape index (κ1) is 33.6. The third kappa shape index (κ3) is 7.71. The lowest BCUT2D eigenvalue weighted by Crippen LogP contribution is -2.45. The monoisotopic (exact) mass is 667 g/mol. The fourth-order valence-corrected chi connectivity index (χ4v) is 7.64. The van der Waals surface area contributed by atoms with E-state index in [-0.39, 0.29) is 22.1 Å². The molecule has 2 aliphatic heterocycles. The van der Waals surface area contributed by atoms with Gasteiger partial charge in [-0.3, -0.25) is 15.0 Å². The highest BCUT2D eigenvalue weighted by molar-refractivity contribution is 7.90. The van der Waals surface area contributed by atoms with E-state index < -0.39 is 9.84 Å². The van der Waals surface area contributed by atoms with Crippen molar-refractivity contribution in [3.05, 3.63) is 101 Å². The molecule has 2 aliphatic rings. The second-order valence-corrected chi connectivity index (χ2v) is 16.5. The van der Waals surface area contributed by atoms with Crippen molar-refractivity contribution in [2.75, 3.05) is 23.4 Å². The number of piperidine rings is 1. The molecule has 10 heteroatoms. The molecule has 2 fully saturated rings. The quantitative estimate of drug-likeness (QED) is 0.183. The van der Waals surface area contributed by atoms with Crippen molar-refractivity contribution in [1.29, 1.82) is 0 Å². The largest absolute Gasteiger partial charge is 0.324 e. The molecule has 9 nitrogen and oxygen atoms in total. The van der Waals surface area contributed by atoms with Crippen molar-refractivity contribution in [3.8, 4) is 5.69 Å². The third-order valence-electron chi connectivity index (χ3n) is 9.65. The number of aromatic nitrogens is 2. The van der Waals surface area contributed by atoms with Gasteiger partial charge in [-0.2, -0.15) is 5.10 Å². The molecule has 252 valence electrons. The topological polar surface area (TPSA) is 113 Å². The van der Waals surface area contributed by atoms with Gasteiger partial charge in [0.05, 0.1) is 22.8 Å². The van der Waals surface area contributed by atoms with Crippen molar-refractivity contribution in [3.63, 3.8) is 0 Å². The molecule has 0 aliphatic carbocycles. The summed E-state index contributed by atoms with van der Waals surface area (Å²) in [4.78, 5) is 28.8. The van der Waals surface area contributed by atoms with Crippen LogP contribution in [0.5, 0.6) is 0 Å². The number of urea groups is 1. The average molecular weight is 668 g/mol. The van der Waals surface area contributed by atoms with E-state index in [2.05, 4.69) is 48.4 Å². The number of aryl methyl sites for hydroxylation is 1. The number of amides is 2. The lowest BCUT2D eigenvalue weighted by molar-refractivity contribution is 0.0744. The molecule has 3 heterocycles. The Balaban J connectivity index is 1.03. The normalized spacial score (nSPS) is 19.6. The molecule has 48 heavy (non-hydrogen) atoms. The van der Waals surface area contributed by atoms with Gasteiger partial charge in [-0.15, -0.1) is 0 Å². The number of carbonyl (C=O) groups excluding carboxylic acids is 2. The summed E-state index contributed by atoms with van der Waals surface area (Å²) < 4.78 is 25.3. The van der Waals surface area contributed by atoms with E-state index in [1.54, 1.807) is 16.8 Å². The number of carbonyl (C=O) groups is 2. The Morgan fingerprint density at radius 3 is 2.08 bits per heavy atom. The first-order valence-electron chi connectivity index (χ1n) is 16.7. The van der Waals surface area contributed by atoms with Crippen LogP contribution in [0.2, 0.25) is 0 Å². The molecule has 2 unspecified atom stereocenters. The molecule has 4 aromatic rings. The SMILES string of the molecule is Cc1ccc(-n2nc(C(C)(C)C)cc2NC(=O)Nc2ccc(CC3CC4CCC(C3)N4CC(=O)c3ccc(S(C)(=O)=O)cc3)cc2)cc1. The maximum absolute atomic E-state index is 13.1. The molecule has 2 N–H and O–H groups in total. The zero-order valence-electron chi connectivity index (χ0n) is 28.4. The summed E-state index contributed by atoms with van der Waals surface area (Å²) in [5.74, 6) is 1.17. The fraction of sp³-hybridized carbons (Fsp3) is 0.395. The molecule has 3 aromatic carbocycles. The Hall–Kier alpha value is -4.28. The number of rotatable bonds is 9. The number of Topliss-reactive ketones (excluding diaryl/α,β-unsaturated/α-hetero) is 1. The molecule has 0 spiro atoms. The fourth-order valence-electron chi connectivity index (χ4n) is 7.01. The van der Waals surface area contributed by atoms with Crippen molar-refractivity contribution in [1.82, 2.24) is 14.7 Å². The Kier molecular flexibility index (Phi) is 9.33. The van der Waals surface area contributed by atoms with Gasteiger partial charge in [-0.05, 0) is 86.9 Å². The smallest absolute Gasteiger partial charge is 0.308 e. The van der Waals surface area contributed by atoms with Gasteiger partial charge in [0.25, 0.3) is 0 Å². The second-order valence-electron chi connectivity index (χ2n) is 14.5. The maximum atomic E-state index is 13.1. The number of anilines is 2. The molecule has 1 aromatic heterocycles. The van der Waals surface area contributed by atoms with Crippen LogP contribution in [0.15, 0.2) is 83.8 Å². The molecule has 0 radical (unpaired) electrons. The van der Waals surface area contributed by atoms with Crippen molar-refractivity contribution < 1.29 is 18.0 Å². The van der Waals surface area contributed by atoms with Crippen LogP contribution in [0.4, 0.5) is 16.3 Å². The van der Waals surface area contributed by atoms with E-state index in [0.29, 0.717) is 41.6 Å². The number of ketones is 1. The second kappa shape index (κ2) is 13.3. The Bertz CT molecular complexity index is 1880. The Morgan fingerprint density at radius 1 is 0.875 bits per heavy atom. The summed E-state index contributed by atoms with van der Waals surface area (Å²) in [5, 5.41) is 10.8. The number of nitrogens with zero attached hydrogens (tertiary/aromatic N) is 3. The van der Waals surface area contributed by atoms with Gasteiger partial charge in [-0.1, -0.05) is 62.7 Å². The van der Waals surface area contributed by atoms with Crippen LogP contribution < -0.4 is 10.6 Å². The van der Waals surface area contributed by atoms with Crippen LogP contribution in [0.1, 0.15) is 73.6 Å². The number of fused-ring (bicyclic) bond motifs is 2. The lowest BCUT2D eigenvalue weighted by Gasteiger charge is -2.38. The van der Waals surface area contributed by atoms with Gasteiger partial charge in [0.2, 0.25) is 0 Å². The summed E-state index contributed by atoms with van der Waals surface area (Å²) in [5.41, 5.74) is 5.23. The highest BCUT2D eigenvalue weighted by atomic mass is 32.2. The maximum Gasteiger partial charge on any atom is 0.324 e. The van der Waals surface area contributed by atoms with Gasteiger partial charge in [0.1, 0.15) is 5.82 Å². The summed E-state index contributed by atoms with van der Waals surface area (Å²) in [6, 6.07) is 24.7. The number of hydrogen-bond acceptors (Lipinski definition) is 6. The zero-order valence-corrected chi connectivity index (χ0v) is 29.2. The highest BCUT2D eigenvalue weighted by Gasteiger charge is 2.41. The summed E-state index contributed by atoms with van der Waals surface area (Å²) >= 11 is 0. The summed E-state index contributed by atoms with van der Waals surface area (Å²) in [6.45, 7) is 8.70. The molecule has 2 atom stereocenters. The van der Waals surface area contributed by atoms with Crippen molar-refractivity contribution >= 4 is 33.2 Å². The van der Waals surface area contributed by atoms with Gasteiger partial charge < -0.3 is 5.32 Å². The average Bonchev–Trinajstić information content (AvgIpc) is 3.55. The van der Waals surface area contributed by atoms with E-state index in [1.807, 2.05) is 49.4 Å². The van der Waals surface area contributed by atoms with Gasteiger partial charge in [0, 0.05) is 41.1 Å². The molecule has 2 bridgehead atoms. The van der Waals surface area contributed by atoms with Gasteiger partial charge >= 0.3 is 6.03 Å². The number of hydrogen-bond donors (Lipinski definition) is 2. The molecular formula is C38H45N5O4S. The molecule has 0 saturated carbocycles. The van der Waals surface area contributed by atoms with Gasteiger partial charge in [0.15, 0.2) is 15.6 Å². The predicted molar refractivity (Wildman–Crippen MR) is 190 cm³/mol. The van der Waals surface area contributed by atoms with Crippen molar-refractivity contribution in [2.24, 2.45) is 5.92 Å². The minimum absolute atomic E-state index is 0.0341. The van der Waals surface area contributed by atoms with Crippen LogP contribution in [0.25, 0.3) is 5.69 Å². The minimum Gasteiger partial charge on any atom is -0.308 e. The molecular weight excluding hydrogens is 623 g/mol. The lowest BCUT2D eigenvalue weighted by atomic mass is 9.85. The van der Waals surface area contributed by atoms with Gasteiger partial charge in [-0.25, -0.2) is 17.9 Å². The van der Waals surface area contributed by atoms with Crippen LogP contribution in [-0.2, 0) is 21.7 Å². The first-order chi connectivity index (χ1) is 22.7. The number of nitrogens with one attached hydrogen (secondary N) is 2. The number of benzene rings is 3. The standard InChI is InChI=1S/C38H45N5O4S/c1-25-6-14-30(15-7-25)43-36(23-35(41-43)38(2,3)4)40-37(45)39-29-12-8-26(9-13-29)20-27-21-31-16-17-32(22-27)42(31)24-34(44)28-10-18-33(19-11-28)48(5,46)47/h6-15,18-19,23,27,31-32H,16-17,20-22,24H2,1-5H3,(H2,39,40,45). The molecule has 2 saturated heterocycles. The first-order valence-corrected chi connectivity index (χ1v) is 18.6. The molecule has 2 amide bonds. The number of sulfone groups is 1. The van der Waals surface area contributed by atoms with E-state index in [9.17, 15) is 18.0 Å². The summed E-state index contributed by atoms with van der Waals surface area (Å²) in [7, 11) is -3.29. The van der Waals surface area contributed by atoms with E-state index in [0.717, 1.165) is 49.0 Å². The van der Waals surface area contributed by atoms with Crippen molar-refractivity contribution in [2.45, 2.75) is 82.2 Å². The minimum atomic E-state index is -3.29. The third-order valence-corrected chi connectivity index (χ3v) is 10.8. The zero-order chi connectivity index (χ0) is 34.2. The Labute approximate surface area is 283 Å². The van der Waals surface area contributed by atoms with Crippen LogP contribution >= 0.6 is 0 Å².